The number of rotatable bonds is 10. The van der Waals surface area contributed by atoms with E-state index in [1.807, 2.05) is 0 Å². The van der Waals surface area contributed by atoms with Crippen molar-refractivity contribution in [3.05, 3.63) is 0 Å². The molecule has 2 heteroatoms. The first-order chi connectivity index (χ1) is 10.7. The van der Waals surface area contributed by atoms with E-state index >= 15 is 0 Å². The van der Waals surface area contributed by atoms with Crippen LogP contribution in [0.3, 0.4) is 0 Å². The second kappa shape index (κ2) is 10.0. The van der Waals surface area contributed by atoms with Crippen molar-refractivity contribution in [1.82, 2.24) is 0 Å². The van der Waals surface area contributed by atoms with Gasteiger partial charge in [-0.3, -0.25) is 0 Å². The Bertz CT molecular complexity index is 303. The highest BCUT2D eigenvalue weighted by molar-refractivity contribution is 4.75. The minimum Gasteiger partial charge on any atom is -0.378 e. The molecule has 0 N–H and O–H groups in total. The molecule has 1 aliphatic carbocycles. The first-order valence-electron chi connectivity index (χ1n) is 9.98. The van der Waals surface area contributed by atoms with Gasteiger partial charge in [-0.05, 0) is 49.9 Å². The van der Waals surface area contributed by atoms with Crippen molar-refractivity contribution in [3.63, 3.8) is 0 Å². The van der Waals surface area contributed by atoms with Crippen LogP contribution in [0.1, 0.15) is 93.4 Å². The lowest BCUT2D eigenvalue weighted by Gasteiger charge is -2.33. The molecule has 1 rings (SSSR count). The van der Waals surface area contributed by atoms with E-state index in [2.05, 4.69) is 48.5 Å². The first-order valence-corrected chi connectivity index (χ1v) is 9.98. The highest BCUT2D eigenvalue weighted by Gasteiger charge is 2.26. The van der Waals surface area contributed by atoms with Gasteiger partial charge in [-0.15, -0.1) is 0 Å². The van der Waals surface area contributed by atoms with Gasteiger partial charge in [0.05, 0.1) is 24.9 Å². The summed E-state index contributed by atoms with van der Waals surface area (Å²) >= 11 is 0. The fourth-order valence-corrected chi connectivity index (χ4v) is 3.16. The van der Waals surface area contributed by atoms with Gasteiger partial charge in [-0.25, -0.2) is 0 Å². The second-order valence-corrected chi connectivity index (χ2v) is 9.14. The Kier molecular flexibility index (Phi) is 9.15. The Labute approximate surface area is 145 Å². The maximum absolute atomic E-state index is 6.47. The van der Waals surface area contributed by atoms with Crippen LogP contribution in [-0.2, 0) is 9.47 Å². The molecule has 138 valence electrons. The molecule has 0 spiro atoms. The molecule has 0 bridgehead atoms. The van der Waals surface area contributed by atoms with Gasteiger partial charge < -0.3 is 9.47 Å². The van der Waals surface area contributed by atoms with Gasteiger partial charge in [0, 0.05) is 0 Å². The smallest absolute Gasteiger partial charge is 0.0602 e. The Morgan fingerprint density at radius 2 is 1.52 bits per heavy atom. The lowest BCUT2D eigenvalue weighted by Crippen LogP contribution is -2.31. The SMILES string of the molecule is CC(C)[C@H](C)OCC(C)(C)CC[C@H](OC1CCCCC1)C(C)C. The third-order valence-corrected chi connectivity index (χ3v) is 5.44. The summed E-state index contributed by atoms with van der Waals surface area (Å²) in [4.78, 5) is 0. The summed E-state index contributed by atoms with van der Waals surface area (Å²) in [5.74, 6) is 1.19. The molecule has 0 aromatic heterocycles. The van der Waals surface area contributed by atoms with Gasteiger partial charge in [-0.1, -0.05) is 60.8 Å². The van der Waals surface area contributed by atoms with Crippen LogP contribution in [-0.4, -0.2) is 24.9 Å². The summed E-state index contributed by atoms with van der Waals surface area (Å²) in [5.41, 5.74) is 0.228. The van der Waals surface area contributed by atoms with E-state index in [1.54, 1.807) is 0 Å². The van der Waals surface area contributed by atoms with Crippen molar-refractivity contribution in [3.8, 4) is 0 Å². The maximum Gasteiger partial charge on any atom is 0.0602 e. The number of hydrogen-bond acceptors (Lipinski definition) is 2. The number of hydrogen-bond donors (Lipinski definition) is 0. The lowest BCUT2D eigenvalue weighted by molar-refractivity contribution is -0.0649. The van der Waals surface area contributed by atoms with E-state index in [4.69, 9.17) is 9.47 Å². The molecular weight excluding hydrogens is 284 g/mol. The van der Waals surface area contributed by atoms with Crippen molar-refractivity contribution >= 4 is 0 Å². The fourth-order valence-electron chi connectivity index (χ4n) is 3.16. The minimum absolute atomic E-state index is 0.228. The molecule has 0 saturated heterocycles. The van der Waals surface area contributed by atoms with Crippen molar-refractivity contribution in [2.75, 3.05) is 6.61 Å². The monoisotopic (exact) mass is 326 g/mol. The number of ether oxygens (including phenoxy) is 2. The zero-order chi connectivity index (χ0) is 17.5. The van der Waals surface area contributed by atoms with Crippen LogP contribution in [0.15, 0.2) is 0 Å². The Morgan fingerprint density at radius 3 is 2.04 bits per heavy atom. The van der Waals surface area contributed by atoms with Gasteiger partial charge >= 0.3 is 0 Å². The predicted octanol–water partition coefficient (Wildman–Crippen LogP) is 6.23. The predicted molar refractivity (Wildman–Crippen MR) is 99.9 cm³/mol. The molecule has 1 aliphatic rings. The van der Waals surface area contributed by atoms with Crippen LogP contribution in [0.5, 0.6) is 0 Å². The van der Waals surface area contributed by atoms with E-state index in [-0.39, 0.29) is 5.41 Å². The summed E-state index contributed by atoms with van der Waals surface area (Å²) in [6.07, 6.45) is 10.2. The zero-order valence-electron chi connectivity index (χ0n) is 16.9. The van der Waals surface area contributed by atoms with Crippen molar-refractivity contribution in [1.29, 1.82) is 0 Å². The lowest BCUT2D eigenvalue weighted by atomic mass is 9.85. The van der Waals surface area contributed by atoms with E-state index in [0.29, 0.717) is 30.1 Å². The van der Waals surface area contributed by atoms with Crippen LogP contribution < -0.4 is 0 Å². The minimum atomic E-state index is 0.228. The molecule has 1 saturated carbocycles. The van der Waals surface area contributed by atoms with Crippen LogP contribution in [0.25, 0.3) is 0 Å². The van der Waals surface area contributed by atoms with E-state index in [1.165, 1.54) is 38.5 Å². The molecule has 0 aromatic carbocycles. The van der Waals surface area contributed by atoms with Crippen LogP contribution in [0, 0.1) is 17.3 Å². The topological polar surface area (TPSA) is 18.5 Å². The quantitative estimate of drug-likeness (QED) is 0.474. The Hall–Kier alpha value is -0.0800. The maximum atomic E-state index is 6.47. The summed E-state index contributed by atoms with van der Waals surface area (Å²) in [6.45, 7) is 16.8. The summed E-state index contributed by atoms with van der Waals surface area (Å²) in [6, 6.07) is 0. The molecule has 0 heterocycles. The van der Waals surface area contributed by atoms with Gasteiger partial charge in [0.15, 0.2) is 0 Å². The Morgan fingerprint density at radius 1 is 0.913 bits per heavy atom. The summed E-state index contributed by atoms with van der Waals surface area (Å²) < 4.78 is 12.5. The largest absolute Gasteiger partial charge is 0.378 e. The van der Waals surface area contributed by atoms with Gasteiger partial charge in [0.2, 0.25) is 0 Å². The standard InChI is InChI=1S/C21H42O2/c1-16(2)18(5)22-15-21(6,7)14-13-20(17(3)4)23-19-11-9-8-10-12-19/h16-20H,8-15H2,1-7H3/t18-,20-/m0/s1. The average Bonchev–Trinajstić information content (AvgIpc) is 2.49. The molecule has 0 aromatic rings. The summed E-state index contributed by atoms with van der Waals surface area (Å²) in [7, 11) is 0. The highest BCUT2D eigenvalue weighted by Crippen LogP contribution is 2.30. The van der Waals surface area contributed by atoms with E-state index in [0.717, 1.165) is 13.0 Å². The van der Waals surface area contributed by atoms with E-state index in [9.17, 15) is 0 Å². The molecule has 1 fully saturated rings. The second-order valence-electron chi connectivity index (χ2n) is 9.14. The molecule has 0 amide bonds. The van der Waals surface area contributed by atoms with Crippen LogP contribution in [0.2, 0.25) is 0 Å². The van der Waals surface area contributed by atoms with E-state index < -0.39 is 0 Å². The molecule has 0 radical (unpaired) electrons. The highest BCUT2D eigenvalue weighted by atomic mass is 16.5. The normalized spacial score (nSPS) is 20.2. The third-order valence-electron chi connectivity index (χ3n) is 5.44. The van der Waals surface area contributed by atoms with Gasteiger partial charge in [0.25, 0.3) is 0 Å². The summed E-state index contributed by atoms with van der Waals surface area (Å²) in [5, 5.41) is 0. The molecule has 23 heavy (non-hydrogen) atoms. The third kappa shape index (κ3) is 8.54. The Balaban J connectivity index is 2.40. The molecule has 2 nitrogen and oxygen atoms in total. The van der Waals surface area contributed by atoms with Gasteiger partial charge in [0.1, 0.15) is 0 Å². The van der Waals surface area contributed by atoms with Crippen LogP contribution in [0.4, 0.5) is 0 Å². The van der Waals surface area contributed by atoms with Gasteiger partial charge in [-0.2, -0.15) is 0 Å². The van der Waals surface area contributed by atoms with Crippen molar-refractivity contribution in [2.45, 2.75) is 112 Å². The molecule has 0 unspecified atom stereocenters. The average molecular weight is 327 g/mol. The first kappa shape index (κ1) is 21.0. The van der Waals surface area contributed by atoms with Crippen LogP contribution >= 0.6 is 0 Å². The molecule has 0 aliphatic heterocycles. The van der Waals surface area contributed by atoms with Crippen molar-refractivity contribution in [2.24, 2.45) is 17.3 Å². The zero-order valence-corrected chi connectivity index (χ0v) is 16.9. The molecule has 2 atom stereocenters. The molecular formula is C21H42O2. The fraction of sp³-hybridized carbons (Fsp3) is 1.00. The van der Waals surface area contributed by atoms with Crippen molar-refractivity contribution < 1.29 is 9.47 Å².